The van der Waals surface area contributed by atoms with Crippen LogP contribution in [0.15, 0.2) is 122 Å². The molecule has 0 rings (SSSR count). The largest absolute Gasteiger partial charge is 0.472 e. The first-order chi connectivity index (χ1) is 50.7. The second kappa shape index (κ2) is 76.6. The molecule has 0 bridgehead atoms. The van der Waals surface area contributed by atoms with Crippen LogP contribution >= 0.6 is 15.6 Å². The molecule has 598 valence electrons. The Morgan fingerprint density at radius 3 is 0.721 bits per heavy atom. The van der Waals surface area contributed by atoms with E-state index >= 15 is 0 Å². The van der Waals surface area contributed by atoms with Crippen molar-refractivity contribution < 1.29 is 80.2 Å². The van der Waals surface area contributed by atoms with Gasteiger partial charge in [0.2, 0.25) is 0 Å². The van der Waals surface area contributed by atoms with Crippen molar-refractivity contribution in [3.05, 3.63) is 122 Å². The summed E-state index contributed by atoms with van der Waals surface area (Å²) < 4.78 is 68.6. The molecule has 5 atom stereocenters. The lowest BCUT2D eigenvalue weighted by Gasteiger charge is -2.21. The van der Waals surface area contributed by atoms with Gasteiger partial charge in [-0.15, -0.1) is 0 Å². The van der Waals surface area contributed by atoms with Crippen molar-refractivity contribution in [3.8, 4) is 0 Å². The van der Waals surface area contributed by atoms with Crippen LogP contribution in [0.1, 0.15) is 336 Å². The average Bonchev–Trinajstić information content (AvgIpc) is 0.926. The Kier molecular flexibility index (Phi) is 73.3. The second-order valence-corrected chi connectivity index (χ2v) is 29.9. The first-order valence-electron chi connectivity index (χ1n) is 40.8. The first kappa shape index (κ1) is 99.5. The van der Waals surface area contributed by atoms with Crippen molar-refractivity contribution in [3.63, 3.8) is 0 Å². The quantitative estimate of drug-likeness (QED) is 0.0169. The van der Waals surface area contributed by atoms with Crippen LogP contribution in [0.2, 0.25) is 0 Å². The molecule has 0 aromatic carbocycles. The number of aliphatic hydroxyl groups excluding tert-OH is 1. The van der Waals surface area contributed by atoms with Gasteiger partial charge in [0.25, 0.3) is 0 Å². The van der Waals surface area contributed by atoms with Crippen LogP contribution in [0.3, 0.4) is 0 Å². The van der Waals surface area contributed by atoms with E-state index in [0.717, 1.165) is 180 Å². The van der Waals surface area contributed by atoms with E-state index in [2.05, 4.69) is 149 Å². The predicted octanol–water partition coefficient (Wildman–Crippen LogP) is 23.9. The van der Waals surface area contributed by atoms with Gasteiger partial charge in [0.15, 0.2) is 12.2 Å². The molecule has 3 unspecified atom stereocenters. The van der Waals surface area contributed by atoms with Crippen LogP contribution < -0.4 is 0 Å². The summed E-state index contributed by atoms with van der Waals surface area (Å²) in [7, 11) is -9.98. The van der Waals surface area contributed by atoms with Gasteiger partial charge in [-0.1, -0.05) is 265 Å². The molecule has 0 aliphatic heterocycles. The third kappa shape index (κ3) is 75.7. The fourth-order valence-corrected chi connectivity index (χ4v) is 12.2. The zero-order valence-corrected chi connectivity index (χ0v) is 67.2. The summed E-state index contributed by atoms with van der Waals surface area (Å²) in [5, 5.41) is 10.6. The molecule has 0 saturated heterocycles. The molecule has 0 radical (unpaired) electrons. The molecule has 0 amide bonds. The van der Waals surface area contributed by atoms with Crippen molar-refractivity contribution in [2.45, 2.75) is 354 Å². The minimum Gasteiger partial charge on any atom is -0.462 e. The minimum atomic E-state index is -4.99. The number of hydrogen-bond acceptors (Lipinski definition) is 15. The van der Waals surface area contributed by atoms with Gasteiger partial charge in [-0.3, -0.25) is 37.3 Å². The Labute approximate surface area is 632 Å². The lowest BCUT2D eigenvalue weighted by atomic mass is 10.1. The van der Waals surface area contributed by atoms with E-state index < -0.39 is 97.5 Å². The number of aliphatic hydroxyl groups is 1. The van der Waals surface area contributed by atoms with E-state index in [4.69, 9.17) is 37.0 Å². The van der Waals surface area contributed by atoms with E-state index in [1.54, 1.807) is 0 Å². The van der Waals surface area contributed by atoms with Crippen molar-refractivity contribution in [2.75, 3.05) is 39.6 Å². The summed E-state index contributed by atoms with van der Waals surface area (Å²) in [6.45, 7) is 4.71. The van der Waals surface area contributed by atoms with Gasteiger partial charge in [-0.2, -0.15) is 0 Å². The third-order valence-electron chi connectivity index (χ3n) is 16.9. The molecule has 19 heteroatoms. The molecule has 0 fully saturated rings. The standard InChI is InChI=1S/C85H146O17P2/c1-5-9-13-17-21-25-29-33-37-39-43-46-50-54-58-62-66-70-83(88)96-76-81(102-85(90)72-68-64-60-56-52-48-44-40-38-34-30-26-22-18-14-10-6-2)78-100-104(93,94)98-74-79(86)73-97-103(91,92)99-77-80(101-84(89)71-67-63-59-55-51-47-42-36-32-28-24-20-16-12-8-4)75-95-82(87)69-65-61-57-53-49-45-41-35-31-27-23-19-15-11-7-3/h21-28,33-38,41-44,46,48,79-81,86H,5-20,29-32,39-40,45,47,49-78H2,1-4H3,(H,91,92)(H,93,94)/t79?,80-,81-/m1/s1. The Balaban J connectivity index is 5.44. The Morgan fingerprint density at radius 1 is 0.269 bits per heavy atom. The van der Waals surface area contributed by atoms with E-state index in [0.29, 0.717) is 25.7 Å². The number of ether oxygens (including phenoxy) is 4. The van der Waals surface area contributed by atoms with Crippen LogP contribution in [0.4, 0.5) is 0 Å². The molecule has 0 aromatic heterocycles. The third-order valence-corrected chi connectivity index (χ3v) is 18.8. The van der Waals surface area contributed by atoms with E-state index in [1.807, 2.05) is 0 Å². The molecule has 0 spiro atoms. The summed E-state index contributed by atoms with van der Waals surface area (Å²) in [5.74, 6) is -2.25. The topological polar surface area (TPSA) is 237 Å². The fourth-order valence-electron chi connectivity index (χ4n) is 10.6. The normalized spacial score (nSPS) is 14.5. The SMILES string of the molecule is CCCCCC=CCC=CCC=CCCCCCCC(=O)OC[C@H](COP(=O)(O)OCC(O)COP(=O)(O)OC[C@@H](COC(=O)CCCCCCCC=CCC=CCCCCC)OC(=O)CCCCCCCC=CCC=CCCCCC)OC(=O)CCCCCCC=CCC=CCC=CCCCCC. The molecule has 0 heterocycles. The summed E-state index contributed by atoms with van der Waals surface area (Å²) in [6, 6.07) is 0. The maximum Gasteiger partial charge on any atom is 0.472 e. The average molecular weight is 1500 g/mol. The second-order valence-electron chi connectivity index (χ2n) is 27.0. The number of allylic oxidation sites excluding steroid dienone is 20. The van der Waals surface area contributed by atoms with Gasteiger partial charge >= 0.3 is 39.5 Å². The van der Waals surface area contributed by atoms with Crippen molar-refractivity contribution in [1.82, 2.24) is 0 Å². The number of unbranched alkanes of at least 4 members (excludes halogenated alkanes) is 30. The van der Waals surface area contributed by atoms with Crippen LogP contribution in [-0.2, 0) is 65.4 Å². The molecule has 0 aromatic rings. The van der Waals surface area contributed by atoms with Crippen LogP contribution in [0.25, 0.3) is 0 Å². The lowest BCUT2D eigenvalue weighted by Crippen LogP contribution is -2.30. The first-order valence-corrected chi connectivity index (χ1v) is 43.8. The van der Waals surface area contributed by atoms with E-state index in [1.165, 1.54) is 77.0 Å². The smallest absolute Gasteiger partial charge is 0.462 e. The molecule has 0 aliphatic rings. The van der Waals surface area contributed by atoms with Crippen LogP contribution in [-0.4, -0.2) is 96.7 Å². The number of phosphoric acid groups is 2. The summed E-state index contributed by atoms with van der Waals surface area (Å²) >= 11 is 0. The van der Waals surface area contributed by atoms with Crippen molar-refractivity contribution in [2.24, 2.45) is 0 Å². The molecule has 104 heavy (non-hydrogen) atoms. The number of carbonyl (C=O) groups is 4. The number of esters is 4. The Hall–Kier alpha value is -4.54. The highest BCUT2D eigenvalue weighted by atomic mass is 31.2. The Bertz CT molecular complexity index is 2440. The molecular weight excluding hydrogens is 1350 g/mol. The van der Waals surface area contributed by atoms with Crippen LogP contribution in [0.5, 0.6) is 0 Å². The zero-order valence-electron chi connectivity index (χ0n) is 65.4. The maximum atomic E-state index is 13.1. The molecule has 0 aliphatic carbocycles. The minimum absolute atomic E-state index is 0.0617. The van der Waals surface area contributed by atoms with Gasteiger partial charge < -0.3 is 33.8 Å². The summed E-state index contributed by atoms with van der Waals surface area (Å²) in [6.07, 6.45) is 84.5. The predicted molar refractivity (Wildman–Crippen MR) is 427 cm³/mol. The van der Waals surface area contributed by atoms with Gasteiger partial charge in [0.05, 0.1) is 26.4 Å². The molecular formula is C85H146O17P2. The Morgan fingerprint density at radius 2 is 0.471 bits per heavy atom. The van der Waals surface area contributed by atoms with Gasteiger partial charge in [-0.05, 0) is 167 Å². The molecule has 0 saturated carbocycles. The summed E-state index contributed by atoms with van der Waals surface area (Å²) in [5.41, 5.74) is 0. The van der Waals surface area contributed by atoms with Crippen molar-refractivity contribution in [1.29, 1.82) is 0 Å². The summed E-state index contributed by atoms with van der Waals surface area (Å²) in [4.78, 5) is 73.1. The molecule has 17 nitrogen and oxygen atoms in total. The number of phosphoric ester groups is 2. The van der Waals surface area contributed by atoms with Crippen molar-refractivity contribution >= 4 is 39.5 Å². The number of carbonyl (C=O) groups excluding carboxylic acids is 4. The maximum absolute atomic E-state index is 13.1. The lowest BCUT2D eigenvalue weighted by molar-refractivity contribution is -0.161. The highest BCUT2D eigenvalue weighted by Crippen LogP contribution is 2.45. The van der Waals surface area contributed by atoms with Crippen LogP contribution in [0, 0.1) is 0 Å². The monoisotopic (exact) mass is 1500 g/mol. The number of rotatable bonds is 76. The van der Waals surface area contributed by atoms with Gasteiger partial charge in [0.1, 0.15) is 19.3 Å². The van der Waals surface area contributed by atoms with E-state index in [9.17, 15) is 43.2 Å². The van der Waals surface area contributed by atoms with Gasteiger partial charge in [0, 0.05) is 25.7 Å². The fraction of sp³-hybridized carbons (Fsp3) is 0.718. The highest BCUT2D eigenvalue weighted by molar-refractivity contribution is 7.47. The molecule has 3 N–H and O–H groups in total. The van der Waals surface area contributed by atoms with Gasteiger partial charge in [-0.25, -0.2) is 9.13 Å². The zero-order chi connectivity index (χ0) is 76.0. The highest BCUT2D eigenvalue weighted by Gasteiger charge is 2.30. The number of hydrogen-bond donors (Lipinski definition) is 3. The van der Waals surface area contributed by atoms with E-state index in [-0.39, 0.29) is 25.7 Å².